The average molecular weight is 472 g/mol. The summed E-state index contributed by atoms with van der Waals surface area (Å²) >= 11 is 0. The Morgan fingerprint density at radius 1 is 1.03 bits per heavy atom. The lowest BCUT2D eigenvalue weighted by Gasteiger charge is -2.37. The molecule has 0 fully saturated rings. The predicted molar refractivity (Wildman–Crippen MR) is 136 cm³/mol. The highest BCUT2D eigenvalue weighted by atomic mass is 28.4. The summed E-state index contributed by atoms with van der Waals surface area (Å²) in [5, 5.41) is 3.42. The Morgan fingerprint density at radius 2 is 1.67 bits per heavy atom. The van der Waals surface area contributed by atoms with Gasteiger partial charge in [0.05, 0.1) is 32.4 Å². The van der Waals surface area contributed by atoms with Crippen LogP contribution in [0.5, 0.6) is 17.2 Å². The first-order valence-corrected chi connectivity index (χ1v) is 14.0. The van der Waals surface area contributed by atoms with E-state index in [1.165, 1.54) is 0 Å². The van der Waals surface area contributed by atoms with Gasteiger partial charge in [-0.2, -0.15) is 0 Å². The van der Waals surface area contributed by atoms with Gasteiger partial charge in [0.1, 0.15) is 11.5 Å². The van der Waals surface area contributed by atoms with Crippen LogP contribution in [0.3, 0.4) is 0 Å². The number of rotatable bonds is 10. The minimum Gasteiger partial charge on any atom is -0.541 e. The first-order valence-electron chi connectivity index (χ1n) is 11.1. The van der Waals surface area contributed by atoms with Gasteiger partial charge in [0.15, 0.2) is 5.75 Å². The molecule has 0 heterocycles. The van der Waals surface area contributed by atoms with Gasteiger partial charge in [-0.15, -0.1) is 0 Å². The normalized spacial score (nSPS) is 12.5. The number of hydrogen-bond donors (Lipinski definition) is 1. The summed E-state index contributed by atoms with van der Waals surface area (Å²) in [4.78, 5) is 12.6. The molecule has 0 aliphatic heterocycles. The van der Waals surface area contributed by atoms with Gasteiger partial charge in [-0.3, -0.25) is 0 Å². The summed E-state index contributed by atoms with van der Waals surface area (Å²) in [6.45, 7) is 17.0. The fourth-order valence-electron chi connectivity index (χ4n) is 2.95. The molecule has 2 aromatic rings. The molecule has 0 saturated carbocycles. The molecule has 2 aromatic carbocycles. The number of anilines is 1. The van der Waals surface area contributed by atoms with Crippen molar-refractivity contribution in [3.05, 3.63) is 60.2 Å². The van der Waals surface area contributed by atoms with E-state index in [4.69, 9.17) is 18.6 Å². The molecule has 1 N–H and O–H groups in total. The maximum atomic E-state index is 12.6. The lowest BCUT2D eigenvalue weighted by Crippen LogP contribution is -2.44. The minimum atomic E-state index is -2.13. The largest absolute Gasteiger partial charge is 0.541 e. The van der Waals surface area contributed by atoms with Crippen LogP contribution in [0.2, 0.25) is 18.1 Å². The third-order valence-corrected chi connectivity index (χ3v) is 10.3. The van der Waals surface area contributed by atoms with Crippen LogP contribution >= 0.6 is 0 Å². The summed E-state index contributed by atoms with van der Waals surface area (Å²) in [5.74, 6) is 1.59. The standard InChI is InChI=1S/C26H37NO5Si/c1-10-31-25(28)18(2)24(27-20-12-14-21(29-6)15-13-20)19-11-16-22(30-7)23(17-19)32-33(8,9)26(3,4)5/h11-17,24,27H,2,10H2,1,3-9H3/t24-/m1/s1. The highest BCUT2D eigenvalue weighted by Gasteiger charge is 2.39. The Hall–Kier alpha value is -2.93. The van der Waals surface area contributed by atoms with Crippen LogP contribution in [-0.2, 0) is 9.53 Å². The van der Waals surface area contributed by atoms with E-state index in [9.17, 15) is 4.79 Å². The Labute approximate surface area is 199 Å². The zero-order chi connectivity index (χ0) is 24.8. The van der Waals surface area contributed by atoms with Gasteiger partial charge in [0.25, 0.3) is 8.32 Å². The van der Waals surface area contributed by atoms with Crippen molar-refractivity contribution in [2.75, 3.05) is 26.1 Å². The molecule has 180 valence electrons. The number of hydrogen-bond acceptors (Lipinski definition) is 6. The van der Waals surface area contributed by atoms with Gasteiger partial charge in [0, 0.05) is 5.69 Å². The van der Waals surface area contributed by atoms with Crippen molar-refractivity contribution in [2.45, 2.75) is 51.9 Å². The topological polar surface area (TPSA) is 66.0 Å². The number of esters is 1. The smallest absolute Gasteiger partial charge is 0.335 e. The van der Waals surface area contributed by atoms with E-state index < -0.39 is 20.3 Å². The van der Waals surface area contributed by atoms with E-state index in [0.717, 1.165) is 17.0 Å². The molecule has 1 atom stereocenters. The number of carbonyl (C=O) groups excluding carboxylic acids is 1. The van der Waals surface area contributed by atoms with Gasteiger partial charge in [-0.25, -0.2) is 4.79 Å². The van der Waals surface area contributed by atoms with E-state index in [1.807, 2.05) is 42.5 Å². The van der Waals surface area contributed by atoms with Crippen LogP contribution in [0.1, 0.15) is 39.3 Å². The molecule has 0 bridgehead atoms. The molecule has 0 spiro atoms. The molecule has 33 heavy (non-hydrogen) atoms. The number of methoxy groups -OCH3 is 2. The van der Waals surface area contributed by atoms with E-state index in [1.54, 1.807) is 21.1 Å². The van der Waals surface area contributed by atoms with Gasteiger partial charge in [-0.05, 0) is 67.0 Å². The molecule has 2 rings (SSSR count). The molecule has 0 saturated heterocycles. The molecule has 0 aromatic heterocycles. The maximum absolute atomic E-state index is 12.6. The molecular formula is C26H37NO5Si. The first-order chi connectivity index (χ1) is 15.4. The molecule has 0 aliphatic rings. The highest BCUT2D eigenvalue weighted by molar-refractivity contribution is 6.74. The summed E-state index contributed by atoms with van der Waals surface area (Å²) in [5.41, 5.74) is 1.93. The summed E-state index contributed by atoms with van der Waals surface area (Å²) in [6, 6.07) is 12.7. The van der Waals surface area contributed by atoms with Crippen molar-refractivity contribution in [3.63, 3.8) is 0 Å². The van der Waals surface area contributed by atoms with Crippen LogP contribution in [0.15, 0.2) is 54.6 Å². The van der Waals surface area contributed by atoms with Gasteiger partial charge < -0.3 is 24.0 Å². The molecule has 0 aliphatic carbocycles. The van der Waals surface area contributed by atoms with E-state index in [-0.39, 0.29) is 11.6 Å². The third kappa shape index (κ3) is 6.54. The number of nitrogens with one attached hydrogen (secondary N) is 1. The zero-order valence-corrected chi connectivity index (χ0v) is 22.1. The molecular weight excluding hydrogens is 434 g/mol. The second-order valence-electron chi connectivity index (χ2n) is 9.32. The Morgan fingerprint density at radius 3 is 2.18 bits per heavy atom. The Balaban J connectivity index is 2.50. The van der Waals surface area contributed by atoms with Crippen molar-refractivity contribution in [1.82, 2.24) is 0 Å². The molecule has 0 unspecified atom stereocenters. The number of benzene rings is 2. The van der Waals surface area contributed by atoms with Crippen molar-refractivity contribution in [2.24, 2.45) is 0 Å². The first kappa shape index (κ1) is 26.3. The van der Waals surface area contributed by atoms with Gasteiger partial charge >= 0.3 is 5.97 Å². The van der Waals surface area contributed by atoms with E-state index >= 15 is 0 Å². The monoisotopic (exact) mass is 471 g/mol. The predicted octanol–water partition coefficient (Wildman–Crippen LogP) is 6.36. The second-order valence-corrected chi connectivity index (χ2v) is 14.0. The van der Waals surface area contributed by atoms with Crippen molar-refractivity contribution in [3.8, 4) is 17.2 Å². The van der Waals surface area contributed by atoms with Crippen LogP contribution in [-0.4, -0.2) is 35.1 Å². The maximum Gasteiger partial charge on any atom is 0.335 e. The van der Waals surface area contributed by atoms with Crippen LogP contribution in [0, 0.1) is 0 Å². The lowest BCUT2D eigenvalue weighted by molar-refractivity contribution is -0.138. The van der Waals surface area contributed by atoms with E-state index in [0.29, 0.717) is 17.1 Å². The lowest BCUT2D eigenvalue weighted by atomic mass is 9.98. The SMILES string of the molecule is C=C(C(=O)OCC)[C@@H](Nc1ccc(OC)cc1)c1ccc(OC)c(O[Si](C)(C)C(C)(C)C)c1. The summed E-state index contributed by atoms with van der Waals surface area (Å²) in [7, 11) is 1.12. The number of ether oxygens (including phenoxy) is 3. The van der Waals surface area contributed by atoms with Crippen molar-refractivity contribution >= 4 is 20.0 Å². The second kappa shape index (κ2) is 10.8. The third-order valence-electron chi connectivity index (χ3n) is 5.98. The summed E-state index contributed by atoms with van der Waals surface area (Å²) in [6.07, 6.45) is 0. The Bertz CT molecular complexity index is 964. The fraction of sp³-hybridized carbons (Fsp3) is 0.423. The molecule has 7 heteroatoms. The molecule has 0 radical (unpaired) electrons. The fourth-order valence-corrected chi connectivity index (χ4v) is 3.96. The van der Waals surface area contributed by atoms with Crippen LogP contribution in [0.4, 0.5) is 5.69 Å². The Kier molecular flexibility index (Phi) is 8.61. The highest BCUT2D eigenvalue weighted by Crippen LogP contribution is 2.41. The van der Waals surface area contributed by atoms with Crippen molar-refractivity contribution in [1.29, 1.82) is 0 Å². The van der Waals surface area contributed by atoms with E-state index in [2.05, 4.69) is 45.8 Å². The molecule has 0 amide bonds. The zero-order valence-electron chi connectivity index (χ0n) is 21.1. The van der Waals surface area contributed by atoms with Crippen LogP contribution in [0.25, 0.3) is 0 Å². The number of carbonyl (C=O) groups is 1. The van der Waals surface area contributed by atoms with Gasteiger partial charge in [-0.1, -0.05) is 33.4 Å². The molecule has 6 nitrogen and oxygen atoms in total. The summed E-state index contributed by atoms with van der Waals surface area (Å²) < 4.78 is 22.6. The quantitative estimate of drug-likeness (QED) is 0.247. The van der Waals surface area contributed by atoms with Gasteiger partial charge in [0.2, 0.25) is 0 Å². The minimum absolute atomic E-state index is 0.0172. The van der Waals surface area contributed by atoms with Crippen molar-refractivity contribution < 1.29 is 23.4 Å². The van der Waals surface area contributed by atoms with Crippen LogP contribution < -0.4 is 19.2 Å². The average Bonchev–Trinajstić information content (AvgIpc) is 2.76.